The number of halogens is 5. The van der Waals surface area contributed by atoms with Gasteiger partial charge in [-0.15, -0.1) is 0 Å². The van der Waals surface area contributed by atoms with E-state index in [1.54, 1.807) is 36.5 Å². The Morgan fingerprint density at radius 1 is 1.00 bits per heavy atom. The zero-order chi connectivity index (χ0) is 26.2. The maximum Gasteiger partial charge on any atom is 0.428 e. The number of aromatic nitrogens is 2. The van der Waals surface area contributed by atoms with Crippen molar-refractivity contribution in [1.82, 2.24) is 20.8 Å². The average Bonchev–Trinajstić information content (AvgIpc) is 3.34. The summed E-state index contributed by atoms with van der Waals surface area (Å²) in [6.07, 6.45) is -0.800. The molecule has 1 atom stereocenters. The molecular formula is C26H17Cl2F3N4O2. The van der Waals surface area contributed by atoms with Crippen LogP contribution in [0.25, 0.3) is 16.6 Å². The first kappa shape index (κ1) is 25.0. The highest BCUT2D eigenvalue weighted by Crippen LogP contribution is 2.48. The third kappa shape index (κ3) is 4.73. The third-order valence-electron chi connectivity index (χ3n) is 5.84. The molecule has 4 aromatic rings. The average molecular weight is 545 g/mol. The standard InChI is InChI=1S/C26H17Cl2F3N4O2/c27-16-10-15(11-17(28)12-16)25(26(29,30)31)13-22(35-37-25)19-6-7-21(23-20(19)5-3-9-33-23)24(36)34-14-18-4-1-2-8-32-18/h1-13,35H,14H2,(H,34,36). The van der Waals surface area contributed by atoms with Gasteiger partial charge >= 0.3 is 6.18 Å². The number of carbonyl (C=O) groups excluding carboxylic acids is 1. The van der Waals surface area contributed by atoms with Crippen LogP contribution in [0.3, 0.4) is 0 Å². The number of alkyl halides is 3. The Morgan fingerprint density at radius 2 is 1.76 bits per heavy atom. The molecule has 37 heavy (non-hydrogen) atoms. The molecule has 2 N–H and O–H groups in total. The van der Waals surface area contributed by atoms with Crippen molar-refractivity contribution in [2.75, 3.05) is 0 Å². The molecule has 0 bridgehead atoms. The number of rotatable bonds is 5. The Bertz CT molecular complexity index is 1510. The summed E-state index contributed by atoms with van der Waals surface area (Å²) in [6, 6.07) is 15.3. The van der Waals surface area contributed by atoms with Crippen LogP contribution < -0.4 is 10.8 Å². The van der Waals surface area contributed by atoms with E-state index in [9.17, 15) is 18.0 Å². The van der Waals surface area contributed by atoms with Gasteiger partial charge in [-0.1, -0.05) is 41.4 Å². The van der Waals surface area contributed by atoms with E-state index in [1.807, 2.05) is 6.07 Å². The number of fused-ring (bicyclic) bond motifs is 1. The fourth-order valence-electron chi connectivity index (χ4n) is 4.10. The van der Waals surface area contributed by atoms with Crippen LogP contribution in [0.4, 0.5) is 13.2 Å². The summed E-state index contributed by atoms with van der Waals surface area (Å²) in [7, 11) is 0. The van der Waals surface area contributed by atoms with Gasteiger partial charge in [0.15, 0.2) is 0 Å². The molecule has 1 aliphatic rings. The van der Waals surface area contributed by atoms with E-state index in [0.717, 1.165) is 18.2 Å². The van der Waals surface area contributed by atoms with Crippen molar-refractivity contribution in [2.45, 2.75) is 18.3 Å². The minimum absolute atomic E-state index is 0.0345. The van der Waals surface area contributed by atoms with E-state index in [1.165, 1.54) is 18.3 Å². The molecule has 0 spiro atoms. The fourth-order valence-corrected chi connectivity index (χ4v) is 4.63. The van der Waals surface area contributed by atoms with Gasteiger partial charge in [0.05, 0.1) is 29.0 Å². The van der Waals surface area contributed by atoms with Crippen LogP contribution in [-0.2, 0) is 17.0 Å². The number of hydrogen-bond acceptors (Lipinski definition) is 5. The lowest BCUT2D eigenvalue weighted by Crippen LogP contribution is -2.42. The smallest absolute Gasteiger partial charge is 0.346 e. The highest BCUT2D eigenvalue weighted by molar-refractivity contribution is 6.34. The molecule has 2 aromatic carbocycles. The largest absolute Gasteiger partial charge is 0.428 e. The molecule has 1 unspecified atom stereocenters. The molecule has 0 saturated carbocycles. The summed E-state index contributed by atoms with van der Waals surface area (Å²) in [4.78, 5) is 26.6. The second kappa shape index (κ2) is 9.66. The SMILES string of the molecule is O=C(NCc1ccccn1)c1ccc(C2=CC(c3cc(Cl)cc(Cl)c3)(C(F)(F)F)ON2)c2cccnc12. The van der Waals surface area contributed by atoms with E-state index < -0.39 is 17.7 Å². The number of nitrogens with one attached hydrogen (secondary N) is 2. The monoisotopic (exact) mass is 544 g/mol. The number of hydroxylamine groups is 1. The topological polar surface area (TPSA) is 76.1 Å². The van der Waals surface area contributed by atoms with Crippen LogP contribution in [0.15, 0.2) is 79.1 Å². The first-order valence-corrected chi connectivity index (χ1v) is 11.7. The Labute approximate surface area is 219 Å². The Hall–Kier alpha value is -3.66. The lowest BCUT2D eigenvalue weighted by molar-refractivity contribution is -0.269. The molecule has 5 rings (SSSR count). The van der Waals surface area contributed by atoms with Gasteiger partial charge in [-0.3, -0.25) is 25.1 Å². The summed E-state index contributed by atoms with van der Waals surface area (Å²) >= 11 is 12.0. The Kier molecular flexibility index (Phi) is 6.53. The fraction of sp³-hybridized carbons (Fsp3) is 0.115. The molecule has 1 aliphatic heterocycles. The van der Waals surface area contributed by atoms with Crippen LogP contribution in [0.1, 0.15) is 27.2 Å². The molecule has 11 heteroatoms. The van der Waals surface area contributed by atoms with Crippen molar-refractivity contribution in [3.63, 3.8) is 0 Å². The van der Waals surface area contributed by atoms with Gasteiger partial charge < -0.3 is 5.32 Å². The van der Waals surface area contributed by atoms with Crippen LogP contribution in [-0.4, -0.2) is 22.1 Å². The maximum absolute atomic E-state index is 14.4. The summed E-state index contributed by atoms with van der Waals surface area (Å²) < 4.78 is 43.2. The third-order valence-corrected chi connectivity index (χ3v) is 6.28. The first-order chi connectivity index (χ1) is 17.7. The Balaban J connectivity index is 1.55. The number of pyridine rings is 2. The van der Waals surface area contributed by atoms with E-state index >= 15 is 0 Å². The summed E-state index contributed by atoms with van der Waals surface area (Å²) in [6.45, 7) is 0.201. The van der Waals surface area contributed by atoms with Gasteiger partial charge in [0.2, 0.25) is 5.60 Å². The number of benzene rings is 2. The zero-order valence-corrected chi connectivity index (χ0v) is 20.3. The molecule has 0 radical (unpaired) electrons. The molecule has 3 heterocycles. The molecule has 2 aromatic heterocycles. The first-order valence-electron chi connectivity index (χ1n) is 10.9. The molecular weight excluding hydrogens is 528 g/mol. The summed E-state index contributed by atoms with van der Waals surface area (Å²) in [5.74, 6) is -0.399. The van der Waals surface area contributed by atoms with Crippen LogP contribution in [0.5, 0.6) is 0 Å². The van der Waals surface area contributed by atoms with Gasteiger partial charge in [0.1, 0.15) is 0 Å². The van der Waals surface area contributed by atoms with E-state index in [2.05, 4.69) is 20.8 Å². The molecule has 0 saturated heterocycles. The summed E-state index contributed by atoms with van der Waals surface area (Å²) in [5, 5.41) is 3.32. The minimum Gasteiger partial charge on any atom is -0.346 e. The van der Waals surface area contributed by atoms with Crippen molar-refractivity contribution >= 4 is 45.7 Å². The molecule has 6 nitrogen and oxygen atoms in total. The second-order valence-corrected chi connectivity index (χ2v) is 9.09. The zero-order valence-electron chi connectivity index (χ0n) is 18.8. The van der Waals surface area contributed by atoms with Gasteiger partial charge in [0.25, 0.3) is 5.91 Å². The lowest BCUT2D eigenvalue weighted by atomic mass is 9.91. The van der Waals surface area contributed by atoms with Crippen molar-refractivity contribution in [1.29, 1.82) is 0 Å². The van der Waals surface area contributed by atoms with Gasteiger partial charge in [-0.05, 0) is 48.5 Å². The summed E-state index contributed by atoms with van der Waals surface area (Å²) in [5.41, 5.74) is 0.950. The highest BCUT2D eigenvalue weighted by Gasteiger charge is 2.59. The van der Waals surface area contributed by atoms with Crippen molar-refractivity contribution in [3.8, 4) is 0 Å². The molecule has 0 fully saturated rings. The quantitative estimate of drug-likeness (QED) is 0.313. The second-order valence-electron chi connectivity index (χ2n) is 8.22. The lowest BCUT2D eigenvalue weighted by Gasteiger charge is -2.28. The highest BCUT2D eigenvalue weighted by atomic mass is 35.5. The van der Waals surface area contributed by atoms with Crippen LogP contribution >= 0.6 is 23.2 Å². The number of carbonyl (C=O) groups is 1. The Morgan fingerprint density at radius 3 is 2.46 bits per heavy atom. The van der Waals surface area contributed by atoms with E-state index in [0.29, 0.717) is 22.2 Å². The van der Waals surface area contributed by atoms with E-state index in [4.69, 9.17) is 28.0 Å². The molecule has 1 amide bonds. The molecule has 0 aliphatic carbocycles. The van der Waals surface area contributed by atoms with Gasteiger partial charge in [0, 0.05) is 39.0 Å². The number of nitrogens with zero attached hydrogens (tertiary/aromatic N) is 2. The molecule has 188 valence electrons. The van der Waals surface area contributed by atoms with Crippen molar-refractivity contribution < 1.29 is 22.8 Å². The van der Waals surface area contributed by atoms with Gasteiger partial charge in [-0.25, -0.2) is 0 Å². The predicted octanol–water partition coefficient (Wildman–Crippen LogP) is 6.20. The number of hydrogen-bond donors (Lipinski definition) is 2. The van der Waals surface area contributed by atoms with Crippen molar-refractivity contribution in [2.24, 2.45) is 0 Å². The normalized spacial score (nSPS) is 17.4. The van der Waals surface area contributed by atoms with Gasteiger partial charge in [-0.2, -0.15) is 13.2 Å². The van der Waals surface area contributed by atoms with Crippen LogP contribution in [0, 0.1) is 0 Å². The minimum atomic E-state index is -4.85. The number of amides is 1. The van der Waals surface area contributed by atoms with E-state index in [-0.39, 0.29) is 33.4 Å². The van der Waals surface area contributed by atoms with Crippen LogP contribution in [0.2, 0.25) is 10.0 Å². The van der Waals surface area contributed by atoms with Crippen molar-refractivity contribution in [3.05, 3.63) is 112 Å². The predicted molar refractivity (Wildman–Crippen MR) is 134 cm³/mol. The maximum atomic E-state index is 14.4.